The molecule has 0 saturated heterocycles. The van der Waals surface area contributed by atoms with Crippen molar-refractivity contribution in [3.05, 3.63) is 76.9 Å². The average Bonchev–Trinajstić information content (AvgIpc) is 2.84. The van der Waals surface area contributed by atoms with Gasteiger partial charge >= 0.3 is 6.61 Å². The molecule has 1 nitrogen and oxygen atoms in total. The van der Waals surface area contributed by atoms with Gasteiger partial charge in [-0.25, -0.2) is 8.78 Å². The first kappa shape index (κ1) is 25.4. The molecule has 2 aromatic rings. The van der Waals surface area contributed by atoms with Gasteiger partial charge in [-0.1, -0.05) is 36.5 Å². The Balaban J connectivity index is 1.37. The maximum absolute atomic E-state index is 14.8. The Labute approximate surface area is 205 Å². The number of rotatable bonds is 6. The fraction of sp³-hybridized carbons (Fsp3) is 0.467. The Morgan fingerprint density at radius 1 is 0.943 bits per heavy atom. The summed E-state index contributed by atoms with van der Waals surface area (Å²) in [5.74, 6) is 6.34. The summed E-state index contributed by atoms with van der Waals surface area (Å²) in [6.45, 7) is -1.02. The van der Waals surface area contributed by atoms with Crippen LogP contribution in [0.1, 0.15) is 80.9 Å². The molecule has 4 rings (SSSR count). The van der Waals surface area contributed by atoms with Gasteiger partial charge in [0.2, 0.25) is 0 Å². The van der Waals surface area contributed by atoms with Crippen molar-refractivity contribution in [3.63, 3.8) is 0 Å². The molecule has 2 aliphatic rings. The summed E-state index contributed by atoms with van der Waals surface area (Å²) in [5, 5.41) is 0. The van der Waals surface area contributed by atoms with E-state index in [1.54, 1.807) is 12.1 Å². The molecule has 0 bridgehead atoms. The lowest BCUT2D eigenvalue weighted by atomic mass is 9.63. The lowest BCUT2D eigenvalue weighted by Gasteiger charge is -2.42. The van der Waals surface area contributed by atoms with Crippen LogP contribution in [0.5, 0.6) is 5.75 Å². The van der Waals surface area contributed by atoms with Crippen molar-refractivity contribution in [3.8, 4) is 17.6 Å². The summed E-state index contributed by atoms with van der Waals surface area (Å²) >= 11 is 0. The predicted molar refractivity (Wildman–Crippen MR) is 130 cm³/mol. The lowest BCUT2D eigenvalue weighted by Crippen LogP contribution is -2.30. The summed E-state index contributed by atoms with van der Waals surface area (Å²) < 4.78 is 57.4. The molecule has 5 heteroatoms. The van der Waals surface area contributed by atoms with Crippen LogP contribution < -0.4 is 4.74 Å². The third-order valence-electron chi connectivity index (χ3n) is 7.65. The van der Waals surface area contributed by atoms with E-state index in [1.807, 2.05) is 6.07 Å². The lowest BCUT2D eigenvalue weighted by molar-refractivity contribution is -0.0521. The highest BCUT2D eigenvalue weighted by molar-refractivity contribution is 5.46. The van der Waals surface area contributed by atoms with Gasteiger partial charge in [0.05, 0.1) is 5.56 Å². The second-order valence-electron chi connectivity index (χ2n) is 9.87. The molecule has 2 saturated carbocycles. The van der Waals surface area contributed by atoms with Crippen LogP contribution >= 0.6 is 0 Å². The van der Waals surface area contributed by atoms with Crippen molar-refractivity contribution in [2.75, 3.05) is 0 Å². The van der Waals surface area contributed by atoms with E-state index in [0.29, 0.717) is 5.92 Å². The Morgan fingerprint density at radius 3 is 2.49 bits per heavy atom. The molecule has 35 heavy (non-hydrogen) atoms. The van der Waals surface area contributed by atoms with Gasteiger partial charge < -0.3 is 4.74 Å². The van der Waals surface area contributed by atoms with Crippen LogP contribution in [0.15, 0.2) is 48.6 Å². The predicted octanol–water partition coefficient (Wildman–Crippen LogP) is 8.62. The smallest absolute Gasteiger partial charge is 0.387 e. The summed E-state index contributed by atoms with van der Waals surface area (Å²) in [4.78, 5) is 0. The Bertz CT molecular complexity index is 1100. The largest absolute Gasteiger partial charge is 0.432 e. The van der Waals surface area contributed by atoms with E-state index in [4.69, 9.17) is 0 Å². The zero-order valence-corrected chi connectivity index (χ0v) is 20.1. The standard InChI is InChI=1S/C30H32F4O/c1-2-3-4-5-20-7-10-24-18-25(14-13-23(24)16-20)26-12-11-22(27(31)19-26)9-6-21-8-15-29(28(32)17-21)35-30(33)34/h2-3,8,11-12,15,17,19-20,23-25,30H,4-5,7,10,13-14,16,18H2,1H3/b3-2+. The van der Waals surface area contributed by atoms with Gasteiger partial charge in [0, 0.05) is 5.56 Å². The number of ether oxygens (including phenoxy) is 1. The van der Waals surface area contributed by atoms with Gasteiger partial charge in [0.15, 0.2) is 11.6 Å². The van der Waals surface area contributed by atoms with Crippen LogP contribution in [0.4, 0.5) is 17.6 Å². The van der Waals surface area contributed by atoms with Gasteiger partial charge in [-0.15, -0.1) is 0 Å². The first-order valence-corrected chi connectivity index (χ1v) is 12.6. The molecule has 0 amide bonds. The van der Waals surface area contributed by atoms with E-state index in [0.717, 1.165) is 48.3 Å². The molecule has 2 fully saturated rings. The summed E-state index contributed by atoms with van der Waals surface area (Å²) in [6.07, 6.45) is 14.3. The average molecular weight is 485 g/mol. The number of hydrogen-bond acceptors (Lipinski definition) is 1. The zero-order chi connectivity index (χ0) is 24.8. The topological polar surface area (TPSA) is 9.23 Å². The van der Waals surface area contributed by atoms with E-state index in [9.17, 15) is 17.6 Å². The molecule has 2 aliphatic carbocycles. The minimum absolute atomic E-state index is 0.234. The van der Waals surface area contributed by atoms with Crippen molar-refractivity contribution in [1.82, 2.24) is 0 Å². The molecule has 2 aromatic carbocycles. The minimum atomic E-state index is -3.10. The monoisotopic (exact) mass is 484 g/mol. The van der Waals surface area contributed by atoms with Gasteiger partial charge in [0.25, 0.3) is 0 Å². The Morgan fingerprint density at radius 2 is 1.74 bits per heavy atom. The molecular formula is C30H32F4O. The maximum Gasteiger partial charge on any atom is 0.387 e. The van der Waals surface area contributed by atoms with Crippen LogP contribution in [0.25, 0.3) is 0 Å². The summed E-state index contributed by atoms with van der Waals surface area (Å²) in [7, 11) is 0. The summed E-state index contributed by atoms with van der Waals surface area (Å²) in [6, 6.07) is 8.71. The SMILES string of the molecule is C/C=C/CCC1CCC2CC(c3ccc(C#Cc4ccc(OC(F)F)c(F)c4)c(F)c3)CCC2C1. The molecule has 0 spiro atoms. The van der Waals surface area contributed by atoms with Crippen LogP contribution in [0.3, 0.4) is 0 Å². The quantitative estimate of drug-likeness (QED) is 0.227. The Kier molecular flexibility index (Phi) is 8.55. The number of benzene rings is 2. The van der Waals surface area contributed by atoms with Gasteiger partial charge in [0.1, 0.15) is 5.82 Å². The van der Waals surface area contributed by atoms with Crippen molar-refractivity contribution < 1.29 is 22.3 Å². The number of fused-ring (bicyclic) bond motifs is 1. The number of allylic oxidation sites excluding steroid dienone is 2. The van der Waals surface area contributed by atoms with Gasteiger partial charge in [-0.2, -0.15) is 8.78 Å². The molecule has 186 valence electrons. The highest BCUT2D eigenvalue weighted by Crippen LogP contribution is 2.48. The second-order valence-corrected chi connectivity index (χ2v) is 9.87. The maximum atomic E-state index is 14.8. The van der Waals surface area contributed by atoms with E-state index >= 15 is 0 Å². The van der Waals surface area contributed by atoms with Gasteiger partial charge in [-0.05, 0) is 111 Å². The third-order valence-corrected chi connectivity index (χ3v) is 7.65. The van der Waals surface area contributed by atoms with Crippen LogP contribution in [0.2, 0.25) is 0 Å². The molecular weight excluding hydrogens is 452 g/mol. The number of alkyl halides is 2. The second kappa shape index (κ2) is 11.8. The highest BCUT2D eigenvalue weighted by Gasteiger charge is 2.35. The summed E-state index contributed by atoms with van der Waals surface area (Å²) in [5.41, 5.74) is 1.52. The molecule has 0 radical (unpaired) electrons. The first-order valence-electron chi connectivity index (χ1n) is 12.6. The molecule has 4 atom stereocenters. The van der Waals surface area contributed by atoms with E-state index in [2.05, 4.69) is 35.7 Å². The molecule has 0 N–H and O–H groups in total. The number of hydrogen-bond donors (Lipinski definition) is 0. The van der Waals surface area contributed by atoms with E-state index < -0.39 is 18.2 Å². The fourth-order valence-electron chi connectivity index (χ4n) is 5.85. The van der Waals surface area contributed by atoms with Crippen molar-refractivity contribution in [2.45, 2.75) is 70.8 Å². The zero-order valence-electron chi connectivity index (χ0n) is 20.1. The minimum Gasteiger partial charge on any atom is -0.432 e. The van der Waals surface area contributed by atoms with Crippen LogP contribution in [-0.4, -0.2) is 6.61 Å². The van der Waals surface area contributed by atoms with E-state index in [-0.39, 0.29) is 16.9 Å². The van der Waals surface area contributed by atoms with Crippen molar-refractivity contribution in [2.24, 2.45) is 17.8 Å². The Hall–Kier alpha value is -2.74. The molecule has 0 aliphatic heterocycles. The van der Waals surface area contributed by atoms with Crippen LogP contribution in [-0.2, 0) is 0 Å². The van der Waals surface area contributed by atoms with Crippen molar-refractivity contribution in [1.29, 1.82) is 0 Å². The molecule has 0 aromatic heterocycles. The first-order chi connectivity index (χ1) is 16.9. The fourth-order valence-corrected chi connectivity index (χ4v) is 5.85. The van der Waals surface area contributed by atoms with Crippen molar-refractivity contribution >= 4 is 0 Å². The van der Waals surface area contributed by atoms with E-state index in [1.165, 1.54) is 44.6 Å². The molecule has 0 heterocycles. The third kappa shape index (κ3) is 6.69. The molecule has 4 unspecified atom stereocenters. The van der Waals surface area contributed by atoms with Gasteiger partial charge in [-0.3, -0.25) is 0 Å². The number of halogens is 4. The van der Waals surface area contributed by atoms with Crippen LogP contribution in [0, 0.1) is 41.2 Å². The highest BCUT2D eigenvalue weighted by atomic mass is 19.3. The normalized spacial score (nSPS) is 24.2.